The number of hydrogen-bond donors (Lipinski definition) is 2. The minimum absolute atomic E-state index is 0.000138. The zero-order valence-corrected chi connectivity index (χ0v) is 13.4. The van der Waals surface area contributed by atoms with Gasteiger partial charge in [0.15, 0.2) is 0 Å². The molecule has 2 N–H and O–H groups in total. The molecule has 0 aromatic heterocycles. The topological polar surface area (TPSA) is 67.4 Å². The Hall–Kier alpha value is -2.04. The van der Waals surface area contributed by atoms with Crippen molar-refractivity contribution in [3.8, 4) is 5.75 Å². The molecule has 120 valence electrons. The minimum atomic E-state index is -0.259. The summed E-state index contributed by atoms with van der Waals surface area (Å²) < 4.78 is 5.52. The molecule has 0 spiro atoms. The first-order valence-electron chi connectivity index (χ1n) is 7.80. The van der Waals surface area contributed by atoms with Gasteiger partial charge in [-0.15, -0.1) is 0 Å². The van der Waals surface area contributed by atoms with E-state index in [0.717, 1.165) is 5.75 Å². The van der Waals surface area contributed by atoms with Crippen LogP contribution < -0.4 is 15.4 Å². The number of carbonyl (C=O) groups excluding carboxylic acids is 2. The summed E-state index contributed by atoms with van der Waals surface area (Å²) in [6.07, 6.45) is 2.45. The Morgan fingerprint density at radius 2 is 1.82 bits per heavy atom. The van der Waals surface area contributed by atoms with Gasteiger partial charge in [0, 0.05) is 11.6 Å². The van der Waals surface area contributed by atoms with E-state index >= 15 is 0 Å². The number of ether oxygens (including phenoxy) is 1. The van der Waals surface area contributed by atoms with Crippen LogP contribution in [0.5, 0.6) is 5.75 Å². The fraction of sp³-hybridized carbons (Fsp3) is 0.529. The van der Waals surface area contributed by atoms with Crippen LogP contribution in [-0.2, 0) is 4.79 Å². The highest BCUT2D eigenvalue weighted by atomic mass is 16.5. The number of hydrogen-bond acceptors (Lipinski definition) is 3. The maximum Gasteiger partial charge on any atom is 0.251 e. The molecule has 2 rings (SSSR count). The van der Waals surface area contributed by atoms with E-state index < -0.39 is 0 Å². The fourth-order valence-corrected chi connectivity index (χ4v) is 2.24. The number of benzene rings is 1. The van der Waals surface area contributed by atoms with Gasteiger partial charge in [0.25, 0.3) is 5.91 Å². The van der Waals surface area contributed by atoms with Crippen LogP contribution in [0.2, 0.25) is 0 Å². The van der Waals surface area contributed by atoms with Gasteiger partial charge in [-0.05, 0) is 63.8 Å². The van der Waals surface area contributed by atoms with Gasteiger partial charge in [0.05, 0.1) is 12.6 Å². The number of carbonyl (C=O) groups is 2. The van der Waals surface area contributed by atoms with Gasteiger partial charge in [-0.1, -0.05) is 0 Å². The second-order valence-electron chi connectivity index (χ2n) is 6.07. The summed E-state index contributed by atoms with van der Waals surface area (Å²) in [6, 6.07) is 7.08. The summed E-state index contributed by atoms with van der Waals surface area (Å²) in [4.78, 5) is 23.7. The largest absolute Gasteiger partial charge is 0.491 e. The predicted molar refractivity (Wildman–Crippen MR) is 84.9 cm³/mol. The summed E-state index contributed by atoms with van der Waals surface area (Å²) in [6.45, 7) is 5.90. The fourth-order valence-electron chi connectivity index (χ4n) is 2.24. The molecule has 2 amide bonds. The summed E-state index contributed by atoms with van der Waals surface area (Å²) >= 11 is 0. The zero-order chi connectivity index (χ0) is 16.1. The lowest BCUT2D eigenvalue weighted by Gasteiger charge is -2.13. The second-order valence-corrected chi connectivity index (χ2v) is 6.07. The van der Waals surface area contributed by atoms with E-state index in [1.807, 2.05) is 20.8 Å². The van der Waals surface area contributed by atoms with Crippen LogP contribution >= 0.6 is 0 Å². The molecule has 1 aromatic rings. The molecule has 1 aromatic carbocycles. The molecule has 5 heteroatoms. The molecule has 0 heterocycles. The van der Waals surface area contributed by atoms with Crippen LogP contribution in [0.25, 0.3) is 0 Å². The standard InChI is InChI=1S/C17H24N2O3/c1-11(2)22-15-8-6-14(7-9-15)17(21)18-10-16(20)19-12(3)13-4-5-13/h6-9,11-13H,4-5,10H2,1-3H3,(H,18,21)(H,19,20)/t12-/m1/s1. The third-order valence-electron chi connectivity index (χ3n) is 3.62. The monoisotopic (exact) mass is 304 g/mol. The summed E-state index contributed by atoms with van der Waals surface area (Å²) in [5, 5.41) is 5.54. The van der Waals surface area contributed by atoms with Crippen molar-refractivity contribution in [1.29, 1.82) is 0 Å². The zero-order valence-electron chi connectivity index (χ0n) is 13.4. The number of rotatable bonds is 7. The van der Waals surface area contributed by atoms with E-state index in [1.165, 1.54) is 12.8 Å². The average Bonchev–Trinajstić information content (AvgIpc) is 3.29. The van der Waals surface area contributed by atoms with Crippen molar-refractivity contribution < 1.29 is 14.3 Å². The van der Waals surface area contributed by atoms with Crippen molar-refractivity contribution in [1.82, 2.24) is 10.6 Å². The highest BCUT2D eigenvalue weighted by Crippen LogP contribution is 2.32. The van der Waals surface area contributed by atoms with E-state index in [4.69, 9.17) is 4.74 Å². The first-order chi connectivity index (χ1) is 10.5. The van der Waals surface area contributed by atoms with E-state index in [2.05, 4.69) is 10.6 Å². The molecule has 5 nitrogen and oxygen atoms in total. The molecule has 1 aliphatic rings. The number of amides is 2. The van der Waals surface area contributed by atoms with Crippen molar-refractivity contribution in [3.63, 3.8) is 0 Å². The van der Waals surface area contributed by atoms with Crippen LogP contribution in [0.1, 0.15) is 44.0 Å². The van der Waals surface area contributed by atoms with Gasteiger partial charge in [-0.2, -0.15) is 0 Å². The molecule has 0 bridgehead atoms. The molecule has 1 fully saturated rings. The Bertz CT molecular complexity index is 521. The minimum Gasteiger partial charge on any atom is -0.491 e. The van der Waals surface area contributed by atoms with Crippen LogP contribution in [-0.4, -0.2) is 30.5 Å². The predicted octanol–water partition coefficient (Wildman–Crippen LogP) is 2.12. The van der Waals surface area contributed by atoms with Gasteiger partial charge in [-0.3, -0.25) is 9.59 Å². The van der Waals surface area contributed by atoms with Crippen molar-refractivity contribution in [3.05, 3.63) is 29.8 Å². The molecular weight excluding hydrogens is 280 g/mol. The van der Waals surface area contributed by atoms with Crippen LogP contribution in [0.4, 0.5) is 0 Å². The Balaban J connectivity index is 1.77. The average molecular weight is 304 g/mol. The maximum absolute atomic E-state index is 12.0. The van der Waals surface area contributed by atoms with Crippen LogP contribution in [0, 0.1) is 5.92 Å². The van der Waals surface area contributed by atoms with Crippen LogP contribution in [0.15, 0.2) is 24.3 Å². The smallest absolute Gasteiger partial charge is 0.251 e. The Labute approximate surface area is 131 Å². The van der Waals surface area contributed by atoms with E-state index in [9.17, 15) is 9.59 Å². The highest BCUT2D eigenvalue weighted by Gasteiger charge is 2.28. The Morgan fingerprint density at radius 3 is 2.36 bits per heavy atom. The summed E-state index contributed by atoms with van der Waals surface area (Å²) in [5.41, 5.74) is 0.513. The van der Waals surface area contributed by atoms with E-state index in [-0.39, 0.29) is 30.5 Å². The maximum atomic E-state index is 12.0. The normalized spacial score (nSPS) is 15.3. The molecular formula is C17H24N2O3. The van der Waals surface area contributed by atoms with Gasteiger partial charge in [0.1, 0.15) is 5.75 Å². The summed E-state index contributed by atoms with van der Waals surface area (Å²) in [5.74, 6) is 0.925. The van der Waals surface area contributed by atoms with Gasteiger partial charge in [0.2, 0.25) is 5.91 Å². The van der Waals surface area contributed by atoms with Gasteiger partial charge < -0.3 is 15.4 Å². The van der Waals surface area contributed by atoms with Crippen molar-refractivity contribution in [2.45, 2.75) is 45.8 Å². The quantitative estimate of drug-likeness (QED) is 0.811. The first-order valence-corrected chi connectivity index (χ1v) is 7.80. The molecule has 1 aliphatic carbocycles. The Kier molecular flexibility index (Phi) is 5.41. The van der Waals surface area contributed by atoms with Crippen molar-refractivity contribution in [2.75, 3.05) is 6.54 Å². The lowest BCUT2D eigenvalue weighted by Crippen LogP contribution is -2.41. The molecule has 1 saturated carbocycles. The lowest BCUT2D eigenvalue weighted by atomic mass is 10.2. The van der Waals surface area contributed by atoms with Crippen LogP contribution in [0.3, 0.4) is 0 Å². The van der Waals surface area contributed by atoms with Gasteiger partial charge >= 0.3 is 0 Å². The first kappa shape index (κ1) is 16.3. The summed E-state index contributed by atoms with van der Waals surface area (Å²) in [7, 11) is 0. The molecule has 22 heavy (non-hydrogen) atoms. The molecule has 0 unspecified atom stereocenters. The third-order valence-corrected chi connectivity index (χ3v) is 3.62. The van der Waals surface area contributed by atoms with E-state index in [1.54, 1.807) is 24.3 Å². The molecule has 0 saturated heterocycles. The van der Waals surface area contributed by atoms with Crippen molar-refractivity contribution >= 4 is 11.8 Å². The number of nitrogens with one attached hydrogen (secondary N) is 2. The second kappa shape index (κ2) is 7.29. The molecule has 1 atom stereocenters. The molecule has 0 aliphatic heterocycles. The third kappa shape index (κ3) is 5.06. The van der Waals surface area contributed by atoms with Gasteiger partial charge in [-0.25, -0.2) is 0 Å². The van der Waals surface area contributed by atoms with E-state index in [0.29, 0.717) is 11.5 Å². The molecule has 0 radical (unpaired) electrons. The van der Waals surface area contributed by atoms with Crippen molar-refractivity contribution in [2.24, 2.45) is 5.92 Å². The SMILES string of the molecule is CC(C)Oc1ccc(C(=O)NCC(=O)N[C@H](C)C2CC2)cc1. The Morgan fingerprint density at radius 1 is 1.18 bits per heavy atom. The lowest BCUT2D eigenvalue weighted by molar-refractivity contribution is -0.120. The highest BCUT2D eigenvalue weighted by molar-refractivity contribution is 5.96.